The van der Waals surface area contributed by atoms with Crippen molar-refractivity contribution in [2.24, 2.45) is 0 Å². The highest BCUT2D eigenvalue weighted by Gasteiger charge is 2.36. The normalized spacial score (nSPS) is 15.6. The summed E-state index contributed by atoms with van der Waals surface area (Å²) in [6, 6.07) is 4.97. The maximum absolute atomic E-state index is 12.5. The monoisotopic (exact) mass is 377 g/mol. The maximum Gasteiger partial charge on any atom is 0.387 e. The Kier molecular flexibility index (Phi) is 5.83. The molecule has 0 radical (unpaired) electrons. The lowest BCUT2D eigenvalue weighted by Crippen LogP contribution is -2.39. The van der Waals surface area contributed by atoms with Gasteiger partial charge >= 0.3 is 6.61 Å². The highest BCUT2D eigenvalue weighted by molar-refractivity contribution is 5.91. The number of amides is 1. The molecule has 0 bridgehead atoms. The van der Waals surface area contributed by atoms with Crippen LogP contribution in [0.4, 0.5) is 8.78 Å². The van der Waals surface area contributed by atoms with Crippen LogP contribution in [0.15, 0.2) is 36.8 Å². The minimum Gasteiger partial charge on any atom is -0.493 e. The number of carbonyl (C=O) groups excluding carboxylic acids is 1. The van der Waals surface area contributed by atoms with Crippen LogP contribution in [-0.4, -0.2) is 36.1 Å². The number of nitrogens with one attached hydrogen (secondary N) is 1. The second-order valence-corrected chi connectivity index (χ2v) is 6.50. The Morgan fingerprint density at radius 2 is 2.04 bits per heavy atom. The zero-order valence-corrected chi connectivity index (χ0v) is 15.0. The second kappa shape index (κ2) is 8.28. The van der Waals surface area contributed by atoms with Crippen LogP contribution in [0.2, 0.25) is 0 Å². The molecule has 0 unspecified atom stereocenters. The van der Waals surface area contributed by atoms with E-state index in [1.807, 2.05) is 0 Å². The van der Waals surface area contributed by atoms with Gasteiger partial charge in [0.15, 0.2) is 11.5 Å². The molecule has 1 heterocycles. The van der Waals surface area contributed by atoms with E-state index in [1.54, 1.807) is 12.1 Å². The Morgan fingerprint density at radius 3 is 2.67 bits per heavy atom. The van der Waals surface area contributed by atoms with Crippen molar-refractivity contribution < 1.29 is 23.0 Å². The molecule has 1 aromatic heterocycles. The van der Waals surface area contributed by atoms with Gasteiger partial charge in [0.25, 0.3) is 5.91 Å². The van der Waals surface area contributed by atoms with Gasteiger partial charge in [-0.2, -0.15) is 8.78 Å². The van der Waals surface area contributed by atoms with Crippen molar-refractivity contribution in [3.8, 4) is 11.5 Å². The summed E-state index contributed by atoms with van der Waals surface area (Å²) >= 11 is 0. The number of carbonyl (C=O) groups is 1. The van der Waals surface area contributed by atoms with Gasteiger partial charge in [-0.05, 0) is 30.5 Å². The SMILES string of the molecule is COc1cc(C2(CNC(=O)c3cnccn3)CCCC2)ccc1OC(F)F. The Labute approximate surface area is 155 Å². The number of alkyl halides is 2. The first kappa shape index (κ1) is 19.0. The molecule has 1 aromatic carbocycles. The van der Waals surface area contributed by atoms with E-state index in [0.717, 1.165) is 31.2 Å². The fraction of sp³-hybridized carbons (Fsp3) is 0.421. The molecule has 8 heteroatoms. The fourth-order valence-electron chi connectivity index (χ4n) is 3.57. The van der Waals surface area contributed by atoms with Crippen molar-refractivity contribution >= 4 is 5.91 Å². The number of hydrogen-bond acceptors (Lipinski definition) is 5. The van der Waals surface area contributed by atoms with Gasteiger partial charge in [-0.25, -0.2) is 4.98 Å². The molecular weight excluding hydrogens is 356 g/mol. The van der Waals surface area contributed by atoms with Gasteiger partial charge < -0.3 is 14.8 Å². The van der Waals surface area contributed by atoms with E-state index in [1.165, 1.54) is 31.8 Å². The summed E-state index contributed by atoms with van der Waals surface area (Å²) in [4.78, 5) is 20.2. The lowest BCUT2D eigenvalue weighted by Gasteiger charge is -2.30. The van der Waals surface area contributed by atoms with Crippen LogP contribution in [0.3, 0.4) is 0 Å². The topological polar surface area (TPSA) is 73.3 Å². The third-order valence-electron chi connectivity index (χ3n) is 4.94. The van der Waals surface area contributed by atoms with Crippen LogP contribution in [0, 0.1) is 0 Å². The highest BCUT2D eigenvalue weighted by Crippen LogP contribution is 2.43. The molecule has 144 valence electrons. The molecule has 0 spiro atoms. The minimum absolute atomic E-state index is 0.00649. The zero-order chi connectivity index (χ0) is 19.3. The number of hydrogen-bond donors (Lipinski definition) is 1. The van der Waals surface area contributed by atoms with Crippen molar-refractivity contribution in [2.45, 2.75) is 37.7 Å². The Morgan fingerprint density at radius 1 is 1.26 bits per heavy atom. The van der Waals surface area contributed by atoms with Crippen molar-refractivity contribution in [3.05, 3.63) is 48.0 Å². The average Bonchev–Trinajstić information content (AvgIpc) is 3.17. The average molecular weight is 377 g/mol. The van der Waals surface area contributed by atoms with E-state index < -0.39 is 6.61 Å². The molecule has 1 amide bonds. The van der Waals surface area contributed by atoms with Gasteiger partial charge in [-0.3, -0.25) is 9.78 Å². The molecule has 1 saturated carbocycles. The highest BCUT2D eigenvalue weighted by atomic mass is 19.3. The molecular formula is C19H21F2N3O3. The summed E-state index contributed by atoms with van der Waals surface area (Å²) in [6.07, 6.45) is 8.20. The maximum atomic E-state index is 12.5. The van der Waals surface area contributed by atoms with Crippen molar-refractivity contribution in [2.75, 3.05) is 13.7 Å². The smallest absolute Gasteiger partial charge is 0.387 e. The Bertz CT molecular complexity index is 781. The van der Waals surface area contributed by atoms with E-state index in [-0.39, 0.29) is 28.5 Å². The summed E-state index contributed by atoms with van der Waals surface area (Å²) in [5, 5.41) is 2.93. The summed E-state index contributed by atoms with van der Waals surface area (Å²) in [7, 11) is 1.41. The minimum atomic E-state index is -2.92. The van der Waals surface area contributed by atoms with Gasteiger partial charge in [0.1, 0.15) is 5.69 Å². The zero-order valence-electron chi connectivity index (χ0n) is 15.0. The van der Waals surface area contributed by atoms with Gasteiger partial charge in [-0.1, -0.05) is 18.9 Å². The first-order chi connectivity index (χ1) is 13.0. The predicted molar refractivity (Wildman–Crippen MR) is 94.1 cm³/mol. The van der Waals surface area contributed by atoms with E-state index >= 15 is 0 Å². The van der Waals surface area contributed by atoms with Crippen LogP contribution >= 0.6 is 0 Å². The van der Waals surface area contributed by atoms with Gasteiger partial charge in [-0.15, -0.1) is 0 Å². The predicted octanol–water partition coefficient (Wildman–Crippen LogP) is 3.33. The number of aromatic nitrogens is 2. The summed E-state index contributed by atoms with van der Waals surface area (Å²) in [5.41, 5.74) is 0.899. The van der Waals surface area contributed by atoms with Crippen LogP contribution in [0.25, 0.3) is 0 Å². The van der Waals surface area contributed by atoms with Crippen LogP contribution < -0.4 is 14.8 Å². The van der Waals surface area contributed by atoms with E-state index in [9.17, 15) is 13.6 Å². The fourth-order valence-corrected chi connectivity index (χ4v) is 3.57. The molecule has 1 fully saturated rings. The number of ether oxygens (including phenoxy) is 2. The van der Waals surface area contributed by atoms with Gasteiger partial charge in [0.05, 0.1) is 13.3 Å². The third kappa shape index (κ3) is 4.32. The summed E-state index contributed by atoms with van der Waals surface area (Å²) < 4.78 is 34.8. The number of methoxy groups -OCH3 is 1. The molecule has 6 nitrogen and oxygen atoms in total. The molecule has 1 aliphatic carbocycles. The molecule has 3 rings (SSSR count). The van der Waals surface area contributed by atoms with Crippen molar-refractivity contribution in [3.63, 3.8) is 0 Å². The molecule has 0 saturated heterocycles. The van der Waals surface area contributed by atoms with Crippen molar-refractivity contribution in [1.29, 1.82) is 0 Å². The number of halogens is 2. The number of rotatable bonds is 7. The molecule has 0 atom stereocenters. The van der Waals surface area contributed by atoms with Gasteiger partial charge in [0, 0.05) is 24.4 Å². The lowest BCUT2D eigenvalue weighted by molar-refractivity contribution is -0.0512. The largest absolute Gasteiger partial charge is 0.493 e. The van der Waals surface area contributed by atoms with Crippen molar-refractivity contribution in [1.82, 2.24) is 15.3 Å². The standard InChI is InChI=1S/C19H21F2N3O3/c1-26-16-10-13(4-5-15(16)27-18(20)21)19(6-2-3-7-19)12-24-17(25)14-11-22-8-9-23-14/h4-5,8-11,18H,2-3,6-7,12H2,1H3,(H,24,25). The van der Waals surface area contributed by atoms with Crippen LogP contribution in [0.5, 0.6) is 11.5 Å². The first-order valence-electron chi connectivity index (χ1n) is 8.72. The third-order valence-corrected chi connectivity index (χ3v) is 4.94. The van der Waals surface area contributed by atoms with Crippen LogP contribution in [-0.2, 0) is 5.41 Å². The lowest BCUT2D eigenvalue weighted by atomic mass is 9.78. The van der Waals surface area contributed by atoms with Gasteiger partial charge in [0.2, 0.25) is 0 Å². The van der Waals surface area contributed by atoms with E-state index in [0.29, 0.717) is 6.54 Å². The Hall–Kier alpha value is -2.77. The number of nitrogens with zero attached hydrogens (tertiary/aromatic N) is 2. The quantitative estimate of drug-likeness (QED) is 0.801. The van der Waals surface area contributed by atoms with E-state index in [2.05, 4.69) is 20.0 Å². The molecule has 27 heavy (non-hydrogen) atoms. The summed E-state index contributed by atoms with van der Waals surface area (Å²) in [5.74, 6) is -0.0497. The Balaban J connectivity index is 1.81. The molecule has 1 aliphatic rings. The van der Waals surface area contributed by atoms with Crippen LogP contribution in [0.1, 0.15) is 41.7 Å². The number of benzene rings is 1. The second-order valence-electron chi connectivity index (χ2n) is 6.50. The molecule has 0 aliphatic heterocycles. The first-order valence-corrected chi connectivity index (χ1v) is 8.72. The molecule has 2 aromatic rings. The molecule has 1 N–H and O–H groups in total. The van der Waals surface area contributed by atoms with E-state index in [4.69, 9.17) is 4.74 Å². The summed E-state index contributed by atoms with van der Waals surface area (Å²) in [6.45, 7) is -2.50.